The molecule has 0 aliphatic heterocycles. The molecule has 0 radical (unpaired) electrons. The number of amides is 1. The minimum Gasteiger partial charge on any atom is -0.494 e. The molecule has 0 atom stereocenters. The van der Waals surface area contributed by atoms with E-state index in [2.05, 4.69) is 5.32 Å². The number of nitrogens with one attached hydrogen (secondary N) is 1. The number of rotatable bonds is 8. The van der Waals surface area contributed by atoms with E-state index in [9.17, 15) is 29.0 Å². The van der Waals surface area contributed by atoms with Crippen molar-refractivity contribution in [2.75, 3.05) is 19.0 Å². The van der Waals surface area contributed by atoms with Crippen LogP contribution in [0.25, 0.3) is 0 Å². The third kappa shape index (κ3) is 5.85. The van der Waals surface area contributed by atoms with E-state index in [4.69, 9.17) is 45.5 Å². The van der Waals surface area contributed by atoms with Gasteiger partial charge in [-0.1, -0.05) is 11.6 Å². The zero-order valence-corrected chi connectivity index (χ0v) is 26.4. The first kappa shape index (κ1) is 32.4. The number of ether oxygens (including phenoxy) is 2. The van der Waals surface area contributed by atoms with Crippen molar-refractivity contribution in [3.05, 3.63) is 94.2 Å². The first-order valence-electron chi connectivity index (χ1n) is 12.7. The fraction of sp³-hybridized carbons (Fsp3) is 0.250. The first-order valence-corrected chi connectivity index (χ1v) is 13.9. The molecule has 2 heterocycles. The van der Waals surface area contributed by atoms with Gasteiger partial charge in [-0.25, -0.2) is 4.39 Å². The number of hydrogen-bond acceptors (Lipinski definition) is 9. The van der Waals surface area contributed by atoms with Crippen LogP contribution in [-0.4, -0.2) is 48.1 Å². The molecule has 0 aliphatic carbocycles. The standard InChI is InChI=1S/C28H27ClFN5O7S2/c1-32-23(37)20(24(38)33(2)27(32)43)19(21-25(39)34(3)28(44)35(4)26(21)40)13-10-16(29)22(17(11-13)41-5)42-12-18(36)31-15-8-6-14(30)7-9-15/h6-11,19,37,39H,12H2,1-5H3,(H,31,36). The van der Waals surface area contributed by atoms with Crippen LogP contribution in [0.2, 0.25) is 5.02 Å². The van der Waals surface area contributed by atoms with Crippen LogP contribution < -0.4 is 25.9 Å². The van der Waals surface area contributed by atoms with Gasteiger partial charge in [0.15, 0.2) is 27.6 Å². The van der Waals surface area contributed by atoms with Gasteiger partial charge in [0.2, 0.25) is 11.8 Å². The van der Waals surface area contributed by atoms with Crippen molar-refractivity contribution in [1.82, 2.24) is 18.3 Å². The highest BCUT2D eigenvalue weighted by Crippen LogP contribution is 2.43. The zero-order valence-electron chi connectivity index (χ0n) is 24.0. The Hall–Kier alpha value is -4.47. The van der Waals surface area contributed by atoms with Gasteiger partial charge in [0.25, 0.3) is 17.0 Å². The molecule has 16 heteroatoms. The minimum atomic E-state index is -1.42. The van der Waals surface area contributed by atoms with Gasteiger partial charge in [0.05, 0.1) is 29.2 Å². The van der Waals surface area contributed by atoms with Crippen LogP contribution in [0.5, 0.6) is 23.3 Å². The van der Waals surface area contributed by atoms with Gasteiger partial charge in [-0.2, -0.15) is 0 Å². The van der Waals surface area contributed by atoms with Crippen LogP contribution >= 0.6 is 36.0 Å². The number of carbonyl (C=O) groups excluding carboxylic acids is 1. The molecule has 44 heavy (non-hydrogen) atoms. The lowest BCUT2D eigenvalue weighted by molar-refractivity contribution is -0.118. The maximum Gasteiger partial charge on any atom is 0.262 e. The molecule has 2 aromatic carbocycles. The predicted octanol–water partition coefficient (Wildman–Crippen LogP) is 3.63. The lowest BCUT2D eigenvalue weighted by Gasteiger charge is -2.24. The van der Waals surface area contributed by atoms with Gasteiger partial charge in [0, 0.05) is 33.9 Å². The van der Waals surface area contributed by atoms with Gasteiger partial charge in [-0.15, -0.1) is 0 Å². The summed E-state index contributed by atoms with van der Waals surface area (Å²) in [6, 6.07) is 7.88. The Labute approximate surface area is 264 Å². The second-order valence-electron chi connectivity index (χ2n) is 9.70. The molecule has 2 aromatic heterocycles. The van der Waals surface area contributed by atoms with Crippen molar-refractivity contribution in [1.29, 1.82) is 0 Å². The molecule has 1 amide bonds. The van der Waals surface area contributed by atoms with Crippen molar-refractivity contribution >= 4 is 47.6 Å². The summed E-state index contributed by atoms with van der Waals surface area (Å²) < 4.78 is 28.9. The fourth-order valence-corrected chi connectivity index (χ4v) is 5.23. The maximum absolute atomic E-state index is 13.6. The molecule has 0 fully saturated rings. The normalized spacial score (nSPS) is 11.1. The smallest absolute Gasteiger partial charge is 0.262 e. The Morgan fingerprint density at radius 2 is 1.43 bits per heavy atom. The number of nitrogens with zero attached hydrogens (tertiary/aromatic N) is 4. The van der Waals surface area contributed by atoms with Crippen molar-refractivity contribution in [3.63, 3.8) is 0 Å². The summed E-state index contributed by atoms with van der Waals surface area (Å²) in [5.74, 6) is -3.60. The minimum absolute atomic E-state index is 0.00291. The highest BCUT2D eigenvalue weighted by Gasteiger charge is 2.33. The average Bonchev–Trinajstić information content (AvgIpc) is 3.00. The molecule has 0 spiro atoms. The molecule has 0 aliphatic rings. The van der Waals surface area contributed by atoms with Crippen LogP contribution in [0.1, 0.15) is 22.6 Å². The number of carbonyl (C=O) groups is 1. The largest absolute Gasteiger partial charge is 0.494 e. The van der Waals surface area contributed by atoms with Crippen LogP contribution in [0.3, 0.4) is 0 Å². The quantitative estimate of drug-likeness (QED) is 0.241. The number of methoxy groups -OCH3 is 1. The number of aromatic hydroxyl groups is 2. The van der Waals surface area contributed by atoms with Gasteiger partial charge < -0.3 is 25.0 Å². The van der Waals surface area contributed by atoms with Crippen LogP contribution in [0.4, 0.5) is 10.1 Å². The van der Waals surface area contributed by atoms with E-state index in [0.717, 1.165) is 9.13 Å². The Balaban J connectivity index is 1.90. The van der Waals surface area contributed by atoms with Crippen LogP contribution in [-0.2, 0) is 33.0 Å². The summed E-state index contributed by atoms with van der Waals surface area (Å²) in [4.78, 5) is 39.7. The SMILES string of the molecule is COc1cc(C(c2c(O)n(C)c(=S)n(C)c2=O)c2c(O)n(C)c(=S)n(C)c2=O)cc(Cl)c1OCC(=O)Nc1ccc(F)cc1. The molecule has 0 unspecified atom stereocenters. The lowest BCUT2D eigenvalue weighted by atomic mass is 9.86. The molecule has 4 aromatic rings. The summed E-state index contributed by atoms with van der Waals surface area (Å²) in [5, 5.41) is 24.9. The Kier molecular flexibility index (Phi) is 9.32. The summed E-state index contributed by atoms with van der Waals surface area (Å²) in [7, 11) is 6.97. The van der Waals surface area contributed by atoms with E-state index >= 15 is 0 Å². The van der Waals surface area contributed by atoms with E-state index in [1.165, 1.54) is 80.8 Å². The van der Waals surface area contributed by atoms with Gasteiger partial charge in [0.1, 0.15) is 5.82 Å². The van der Waals surface area contributed by atoms with Crippen molar-refractivity contribution in [2.45, 2.75) is 5.92 Å². The molecular weight excluding hydrogens is 637 g/mol. The molecule has 0 saturated carbocycles. The third-order valence-corrected chi connectivity index (χ3v) is 8.35. The second kappa shape index (κ2) is 12.6. The van der Waals surface area contributed by atoms with Crippen molar-refractivity contribution < 1.29 is 28.9 Å². The highest BCUT2D eigenvalue weighted by atomic mass is 35.5. The maximum atomic E-state index is 13.6. The van der Waals surface area contributed by atoms with Gasteiger partial charge in [-0.3, -0.25) is 32.7 Å². The van der Waals surface area contributed by atoms with Crippen molar-refractivity contribution in [3.8, 4) is 23.3 Å². The Bertz CT molecular complexity index is 1950. The molecule has 4 rings (SSSR count). The lowest BCUT2D eigenvalue weighted by Crippen LogP contribution is -2.33. The number of anilines is 1. The second-order valence-corrected chi connectivity index (χ2v) is 10.8. The number of halogens is 2. The van der Waals surface area contributed by atoms with E-state index in [0.29, 0.717) is 5.69 Å². The van der Waals surface area contributed by atoms with Gasteiger partial charge >= 0.3 is 0 Å². The van der Waals surface area contributed by atoms with E-state index < -0.39 is 47.1 Å². The molecule has 3 N–H and O–H groups in total. The van der Waals surface area contributed by atoms with Crippen LogP contribution in [0, 0.1) is 15.4 Å². The van der Waals surface area contributed by atoms with Crippen molar-refractivity contribution in [2.24, 2.45) is 28.2 Å². The summed E-state index contributed by atoms with van der Waals surface area (Å²) in [5.41, 5.74) is -1.58. The molecule has 0 saturated heterocycles. The number of benzene rings is 2. The molecule has 12 nitrogen and oxygen atoms in total. The Morgan fingerprint density at radius 3 is 1.91 bits per heavy atom. The number of hydrogen-bond donors (Lipinski definition) is 3. The Morgan fingerprint density at radius 1 is 0.932 bits per heavy atom. The van der Waals surface area contributed by atoms with E-state index in [1.807, 2.05) is 0 Å². The summed E-state index contributed by atoms with van der Waals surface area (Å²) in [6.45, 7) is -0.509. The molecule has 232 valence electrons. The monoisotopic (exact) mass is 663 g/mol. The van der Waals surface area contributed by atoms with Crippen LogP contribution in [0.15, 0.2) is 46.0 Å². The molecule has 0 bridgehead atoms. The van der Waals surface area contributed by atoms with E-state index in [1.54, 1.807) is 0 Å². The highest BCUT2D eigenvalue weighted by molar-refractivity contribution is 7.71. The summed E-state index contributed by atoms with van der Waals surface area (Å²) >= 11 is 17.1. The summed E-state index contributed by atoms with van der Waals surface area (Å²) in [6.07, 6.45) is 0. The number of aromatic nitrogens is 4. The molecular formula is C28H27ClFN5O7S2. The average molecular weight is 664 g/mol. The fourth-order valence-electron chi connectivity index (χ4n) is 4.62. The third-order valence-electron chi connectivity index (χ3n) is 6.97. The zero-order chi connectivity index (χ0) is 32.6. The topological polar surface area (TPSA) is 142 Å². The first-order chi connectivity index (χ1) is 20.7. The van der Waals surface area contributed by atoms with Gasteiger partial charge in [-0.05, 0) is 66.4 Å². The predicted molar refractivity (Wildman–Crippen MR) is 166 cm³/mol. The van der Waals surface area contributed by atoms with E-state index in [-0.39, 0.29) is 42.8 Å².